The number of nitrogens with one attached hydrogen (secondary N) is 1. The van der Waals surface area contributed by atoms with Crippen LogP contribution in [0.25, 0.3) is 0 Å². The molecule has 0 aliphatic carbocycles. The van der Waals surface area contributed by atoms with Crippen LogP contribution in [0, 0.1) is 5.82 Å². The third-order valence-corrected chi connectivity index (χ3v) is 4.63. The van der Waals surface area contributed by atoms with Crippen molar-refractivity contribution in [1.29, 1.82) is 0 Å². The third kappa shape index (κ3) is 2.69. The molecule has 8 heteroatoms. The van der Waals surface area contributed by atoms with Gasteiger partial charge in [-0.1, -0.05) is 6.07 Å². The van der Waals surface area contributed by atoms with Crippen LogP contribution in [0.15, 0.2) is 41.8 Å². The topological polar surface area (TPSA) is 96.5 Å². The molecule has 0 radical (unpaired) electrons. The van der Waals surface area contributed by atoms with Crippen LogP contribution >= 0.6 is 0 Å². The Labute approximate surface area is 143 Å². The lowest BCUT2D eigenvalue weighted by Gasteiger charge is -2.42. The highest BCUT2D eigenvalue weighted by molar-refractivity contribution is 6.04. The summed E-state index contributed by atoms with van der Waals surface area (Å²) in [7, 11) is 0. The van der Waals surface area contributed by atoms with Gasteiger partial charge in [-0.05, 0) is 12.1 Å². The number of anilines is 1. The highest BCUT2D eigenvalue weighted by Gasteiger charge is 2.39. The molecule has 4 rings (SSSR count). The number of carbonyl (C=O) groups is 1. The minimum absolute atomic E-state index is 0.151. The number of nitrogens with zero attached hydrogens (tertiary/aromatic N) is 4. The van der Waals surface area contributed by atoms with Gasteiger partial charge >= 0.3 is 0 Å². The quantitative estimate of drug-likeness (QED) is 0.817. The van der Waals surface area contributed by atoms with Crippen molar-refractivity contribution in [3.63, 3.8) is 0 Å². The van der Waals surface area contributed by atoms with Gasteiger partial charge in [-0.3, -0.25) is 9.78 Å². The molecule has 2 aliphatic rings. The predicted octanol–water partition coefficient (Wildman–Crippen LogP) is 1.38. The first-order valence-corrected chi connectivity index (χ1v) is 8.06. The van der Waals surface area contributed by atoms with Crippen LogP contribution in [0.3, 0.4) is 0 Å². The van der Waals surface area contributed by atoms with E-state index in [4.69, 9.17) is 5.73 Å². The van der Waals surface area contributed by atoms with E-state index in [9.17, 15) is 9.18 Å². The summed E-state index contributed by atoms with van der Waals surface area (Å²) in [4.78, 5) is 26.7. The molecule has 0 atom stereocenters. The Kier molecular flexibility index (Phi) is 3.60. The Balaban J connectivity index is 1.53. The molecule has 0 unspecified atom stereocenters. The molecule has 3 heterocycles. The molecule has 0 saturated carbocycles. The van der Waals surface area contributed by atoms with Crippen molar-refractivity contribution < 1.29 is 9.18 Å². The van der Waals surface area contributed by atoms with E-state index >= 15 is 0 Å². The van der Waals surface area contributed by atoms with Crippen LogP contribution in [0.2, 0.25) is 0 Å². The average molecular weight is 340 g/mol. The molecule has 2 aromatic rings. The van der Waals surface area contributed by atoms with Gasteiger partial charge in [0.15, 0.2) is 0 Å². The Morgan fingerprint density at radius 2 is 2.08 bits per heavy atom. The number of fused-ring (bicyclic) bond motifs is 1. The number of hydrogen-bond donors (Lipinski definition) is 2. The summed E-state index contributed by atoms with van der Waals surface area (Å²) in [5.74, 6) is -0.348. The van der Waals surface area contributed by atoms with E-state index in [0.29, 0.717) is 42.9 Å². The van der Waals surface area contributed by atoms with Crippen molar-refractivity contribution in [2.75, 3.05) is 18.4 Å². The molecule has 1 amide bonds. The van der Waals surface area contributed by atoms with Crippen molar-refractivity contribution in [3.8, 4) is 0 Å². The summed E-state index contributed by atoms with van der Waals surface area (Å²) in [6, 6.07) is 4.79. The summed E-state index contributed by atoms with van der Waals surface area (Å²) >= 11 is 0. The largest absolute Gasteiger partial charge is 0.383 e. The van der Waals surface area contributed by atoms with Gasteiger partial charge in [-0.25, -0.2) is 14.4 Å². The van der Waals surface area contributed by atoms with Crippen LogP contribution in [0.5, 0.6) is 0 Å². The molecule has 0 bridgehead atoms. The van der Waals surface area contributed by atoms with Crippen LogP contribution in [0.4, 0.5) is 10.1 Å². The van der Waals surface area contributed by atoms with E-state index in [2.05, 4.69) is 20.3 Å². The Morgan fingerprint density at radius 3 is 2.80 bits per heavy atom. The fourth-order valence-corrected chi connectivity index (χ4v) is 3.34. The monoisotopic (exact) mass is 340 g/mol. The maximum atomic E-state index is 14.0. The lowest BCUT2D eigenvalue weighted by molar-refractivity contribution is 0.0679. The second-order valence-electron chi connectivity index (χ2n) is 6.20. The number of benzene rings is 1. The molecule has 3 N–H and O–H groups in total. The zero-order valence-electron chi connectivity index (χ0n) is 13.4. The molecule has 2 aliphatic heterocycles. The van der Waals surface area contributed by atoms with E-state index in [1.165, 1.54) is 24.7 Å². The Hall–Kier alpha value is -3.03. The Morgan fingerprint density at radius 1 is 1.28 bits per heavy atom. The number of carbonyl (C=O) groups excluding carboxylic acids is 1. The fraction of sp³-hybridized carbons (Fsp3) is 0.294. The van der Waals surface area contributed by atoms with Crippen LogP contribution in [-0.2, 0) is 0 Å². The van der Waals surface area contributed by atoms with Gasteiger partial charge in [0.05, 0.1) is 11.8 Å². The summed E-state index contributed by atoms with van der Waals surface area (Å²) in [6.07, 6.45) is 5.64. The zero-order valence-corrected chi connectivity index (χ0v) is 13.4. The van der Waals surface area contributed by atoms with Gasteiger partial charge in [0.25, 0.3) is 5.91 Å². The Bertz CT molecular complexity index is 845. The highest BCUT2D eigenvalue weighted by atomic mass is 19.1. The molecular formula is C17H17FN6O. The number of hydrogen-bond acceptors (Lipinski definition) is 6. The van der Waals surface area contributed by atoms with E-state index < -0.39 is 11.5 Å². The first kappa shape index (κ1) is 15.5. The highest BCUT2D eigenvalue weighted by Crippen LogP contribution is 2.35. The van der Waals surface area contributed by atoms with E-state index in [0.717, 1.165) is 0 Å². The lowest BCUT2D eigenvalue weighted by atomic mass is 9.93. The second kappa shape index (κ2) is 5.80. The van der Waals surface area contributed by atoms with E-state index in [1.807, 2.05) is 0 Å². The smallest absolute Gasteiger partial charge is 0.274 e. The van der Waals surface area contributed by atoms with Crippen LogP contribution < -0.4 is 11.1 Å². The molecular weight excluding hydrogens is 323 g/mol. The van der Waals surface area contributed by atoms with Gasteiger partial charge in [0.2, 0.25) is 0 Å². The summed E-state index contributed by atoms with van der Waals surface area (Å²) in [5, 5.41) is 3.31. The first-order chi connectivity index (χ1) is 12.1. The number of aromatic nitrogens is 2. The normalized spacial score (nSPS) is 18.3. The summed E-state index contributed by atoms with van der Waals surface area (Å²) < 4.78 is 14.0. The van der Waals surface area contributed by atoms with Crippen LogP contribution in [0.1, 0.15) is 28.9 Å². The summed E-state index contributed by atoms with van der Waals surface area (Å²) in [6.45, 7) is 1.01. The fourth-order valence-electron chi connectivity index (χ4n) is 3.34. The number of likely N-dealkylation sites (tertiary alicyclic amines) is 1. The van der Waals surface area contributed by atoms with Crippen molar-refractivity contribution in [2.24, 2.45) is 10.7 Å². The van der Waals surface area contributed by atoms with Gasteiger partial charge in [-0.15, -0.1) is 0 Å². The minimum Gasteiger partial charge on any atom is -0.383 e. The molecule has 1 fully saturated rings. The standard InChI is InChI=1S/C17H17FN6O/c18-11-2-1-3-12-14(11)15(19)23-17(22-12)4-8-24(9-5-17)16(25)13-10-20-6-7-21-13/h1-3,6-7,10,22H,4-5,8-9H2,(H2,19,23). The molecule has 7 nitrogen and oxygen atoms in total. The first-order valence-electron chi connectivity index (χ1n) is 8.06. The number of nitrogens with two attached hydrogens (primary N) is 1. The zero-order chi connectivity index (χ0) is 17.4. The summed E-state index contributed by atoms with van der Waals surface area (Å²) in [5.41, 5.74) is 6.68. The van der Waals surface area contributed by atoms with Crippen molar-refractivity contribution in [2.45, 2.75) is 18.5 Å². The number of rotatable bonds is 1. The number of halogens is 1. The average Bonchev–Trinajstić information content (AvgIpc) is 2.62. The number of amides is 1. The van der Waals surface area contributed by atoms with E-state index in [1.54, 1.807) is 17.0 Å². The molecule has 1 saturated heterocycles. The van der Waals surface area contributed by atoms with Crippen LogP contribution in [-0.4, -0.2) is 45.4 Å². The number of aliphatic imine (C=N–C) groups is 1. The van der Waals surface area contributed by atoms with Gasteiger partial charge in [0.1, 0.15) is 23.0 Å². The third-order valence-electron chi connectivity index (χ3n) is 4.63. The predicted molar refractivity (Wildman–Crippen MR) is 90.6 cm³/mol. The number of amidine groups is 1. The molecule has 1 aromatic heterocycles. The second-order valence-corrected chi connectivity index (χ2v) is 6.20. The molecule has 128 valence electrons. The van der Waals surface area contributed by atoms with Gasteiger partial charge < -0.3 is 16.0 Å². The van der Waals surface area contributed by atoms with Gasteiger partial charge in [-0.2, -0.15) is 0 Å². The van der Waals surface area contributed by atoms with Crippen molar-refractivity contribution >= 4 is 17.4 Å². The molecule has 1 aromatic carbocycles. The van der Waals surface area contributed by atoms with E-state index in [-0.39, 0.29) is 11.7 Å². The SMILES string of the molecule is NC1=NC2(CCN(C(=O)c3cnccn3)CC2)Nc2cccc(F)c21. The number of piperidine rings is 1. The van der Waals surface area contributed by atoms with Crippen molar-refractivity contribution in [1.82, 2.24) is 14.9 Å². The minimum atomic E-state index is -0.607. The maximum absolute atomic E-state index is 14.0. The lowest BCUT2D eigenvalue weighted by Crippen LogP contribution is -2.52. The molecule has 25 heavy (non-hydrogen) atoms. The maximum Gasteiger partial charge on any atom is 0.274 e. The van der Waals surface area contributed by atoms with Crippen molar-refractivity contribution in [3.05, 3.63) is 53.9 Å². The molecule has 1 spiro atoms. The van der Waals surface area contributed by atoms with Gasteiger partial charge in [0, 0.05) is 44.0 Å².